The number of aromatic nitrogens is 1. The Balaban J connectivity index is 1.50. The Labute approximate surface area is 157 Å². The van der Waals surface area contributed by atoms with Crippen molar-refractivity contribution in [3.05, 3.63) is 65.5 Å². The van der Waals surface area contributed by atoms with Crippen LogP contribution in [-0.2, 0) is 11.2 Å². The molecule has 0 spiro atoms. The van der Waals surface area contributed by atoms with Gasteiger partial charge in [-0.1, -0.05) is 30.3 Å². The zero-order chi connectivity index (χ0) is 19.2. The molecule has 1 unspecified atom stereocenters. The molecule has 0 saturated carbocycles. The van der Waals surface area contributed by atoms with Gasteiger partial charge in [-0.2, -0.15) is 0 Å². The van der Waals surface area contributed by atoms with E-state index in [4.69, 9.17) is 5.11 Å². The number of nitrogens with zero attached hydrogens (tertiary/aromatic N) is 2. The molecule has 1 aromatic heterocycles. The summed E-state index contributed by atoms with van der Waals surface area (Å²) in [6, 6.07) is 12.3. The molecule has 1 aliphatic heterocycles. The molecule has 2 heterocycles. The summed E-state index contributed by atoms with van der Waals surface area (Å²) in [6.07, 6.45) is 3.10. The largest absolute Gasteiger partial charge is 0.478 e. The molecule has 1 aromatic carbocycles. The molecule has 1 fully saturated rings. The minimum Gasteiger partial charge on any atom is -0.478 e. The zero-order valence-corrected chi connectivity index (χ0v) is 14.8. The van der Waals surface area contributed by atoms with E-state index in [-0.39, 0.29) is 23.2 Å². The molecule has 27 heavy (non-hydrogen) atoms. The van der Waals surface area contributed by atoms with Crippen LogP contribution in [0.3, 0.4) is 0 Å². The van der Waals surface area contributed by atoms with Crippen molar-refractivity contribution in [2.45, 2.75) is 25.3 Å². The molecular formula is C20H21N3O4. The van der Waals surface area contributed by atoms with Gasteiger partial charge in [0.25, 0.3) is 5.91 Å². The minimum absolute atomic E-state index is 0.0132. The third kappa shape index (κ3) is 4.91. The lowest BCUT2D eigenvalue weighted by Crippen LogP contribution is -2.38. The lowest BCUT2D eigenvalue weighted by atomic mass is 10.1. The summed E-state index contributed by atoms with van der Waals surface area (Å²) in [4.78, 5) is 41.4. The molecule has 1 saturated heterocycles. The summed E-state index contributed by atoms with van der Waals surface area (Å²) in [6.45, 7) is 1.05. The molecule has 2 amide bonds. The number of carbonyl (C=O) groups excluding carboxylic acids is 2. The molecule has 0 aliphatic carbocycles. The number of hydrogen-bond acceptors (Lipinski definition) is 4. The number of likely N-dealkylation sites (tertiary alicyclic amines) is 1. The maximum Gasteiger partial charge on any atom is 0.335 e. The van der Waals surface area contributed by atoms with Gasteiger partial charge in [0.05, 0.1) is 5.56 Å². The van der Waals surface area contributed by atoms with Gasteiger partial charge >= 0.3 is 5.97 Å². The van der Waals surface area contributed by atoms with Crippen LogP contribution in [0, 0.1) is 0 Å². The van der Waals surface area contributed by atoms with Crippen LogP contribution in [0.2, 0.25) is 0 Å². The van der Waals surface area contributed by atoms with Crippen molar-refractivity contribution in [2.24, 2.45) is 0 Å². The maximum atomic E-state index is 12.4. The molecule has 0 bridgehead atoms. The number of hydrogen-bond donors (Lipinski definition) is 2. The first kappa shape index (κ1) is 18.6. The highest BCUT2D eigenvalue weighted by molar-refractivity contribution is 5.96. The standard InChI is InChI=1S/C20H21N3O4/c24-18(7-6-14-4-2-1-3-5-14)23-11-9-16(13-23)22-19(25)17-12-15(20(26)27)8-10-21-17/h1-5,8,10,12,16H,6-7,9,11,13H2,(H,22,25)(H,26,27). The third-order valence-electron chi connectivity index (χ3n) is 4.59. The Morgan fingerprint density at radius 2 is 1.96 bits per heavy atom. The van der Waals surface area contributed by atoms with E-state index in [2.05, 4.69) is 10.3 Å². The summed E-state index contributed by atoms with van der Waals surface area (Å²) in [5.74, 6) is -1.47. The number of carboxylic acid groups (broad SMARTS) is 1. The van der Waals surface area contributed by atoms with Crippen LogP contribution in [0.4, 0.5) is 0 Å². The lowest BCUT2D eigenvalue weighted by molar-refractivity contribution is -0.130. The van der Waals surface area contributed by atoms with Crippen LogP contribution in [-0.4, -0.2) is 51.9 Å². The fraction of sp³-hybridized carbons (Fsp3) is 0.300. The predicted molar refractivity (Wildman–Crippen MR) is 98.4 cm³/mol. The number of amides is 2. The Morgan fingerprint density at radius 1 is 1.19 bits per heavy atom. The highest BCUT2D eigenvalue weighted by atomic mass is 16.4. The van der Waals surface area contributed by atoms with Crippen molar-refractivity contribution >= 4 is 17.8 Å². The fourth-order valence-electron chi connectivity index (χ4n) is 3.11. The van der Waals surface area contributed by atoms with E-state index in [9.17, 15) is 14.4 Å². The van der Waals surface area contributed by atoms with Crippen LogP contribution in [0.1, 0.15) is 39.3 Å². The Kier molecular flexibility index (Phi) is 5.80. The van der Waals surface area contributed by atoms with Gasteiger partial charge in [0, 0.05) is 31.7 Å². The molecule has 2 N–H and O–H groups in total. The van der Waals surface area contributed by atoms with Gasteiger partial charge in [0.15, 0.2) is 0 Å². The highest BCUT2D eigenvalue weighted by Crippen LogP contribution is 2.13. The minimum atomic E-state index is -1.11. The molecule has 1 atom stereocenters. The molecule has 2 aromatic rings. The van der Waals surface area contributed by atoms with E-state index in [1.54, 1.807) is 4.90 Å². The summed E-state index contributed by atoms with van der Waals surface area (Å²) >= 11 is 0. The van der Waals surface area contributed by atoms with Crippen LogP contribution in [0.25, 0.3) is 0 Å². The van der Waals surface area contributed by atoms with Gasteiger partial charge in [0.2, 0.25) is 5.91 Å². The monoisotopic (exact) mass is 367 g/mol. The zero-order valence-electron chi connectivity index (χ0n) is 14.8. The van der Waals surface area contributed by atoms with Gasteiger partial charge < -0.3 is 15.3 Å². The molecule has 0 radical (unpaired) electrons. The Morgan fingerprint density at radius 3 is 2.70 bits per heavy atom. The van der Waals surface area contributed by atoms with Gasteiger partial charge in [-0.3, -0.25) is 14.6 Å². The van der Waals surface area contributed by atoms with Gasteiger partial charge in [-0.25, -0.2) is 4.79 Å². The van der Waals surface area contributed by atoms with E-state index in [0.717, 1.165) is 5.56 Å². The maximum absolute atomic E-state index is 12.4. The summed E-state index contributed by atoms with van der Waals surface area (Å²) in [5.41, 5.74) is 1.20. The summed E-state index contributed by atoms with van der Waals surface area (Å²) in [5, 5.41) is 11.8. The van der Waals surface area contributed by atoms with Gasteiger partial charge in [-0.15, -0.1) is 0 Å². The third-order valence-corrected chi connectivity index (χ3v) is 4.59. The molecule has 7 nitrogen and oxygen atoms in total. The predicted octanol–water partition coefficient (Wildman–Crippen LogP) is 1.74. The first-order valence-electron chi connectivity index (χ1n) is 8.85. The number of nitrogens with one attached hydrogen (secondary N) is 1. The summed E-state index contributed by atoms with van der Waals surface area (Å²) in [7, 11) is 0. The lowest BCUT2D eigenvalue weighted by Gasteiger charge is -2.17. The quantitative estimate of drug-likeness (QED) is 0.810. The van der Waals surface area contributed by atoms with E-state index in [0.29, 0.717) is 32.4 Å². The second-order valence-electron chi connectivity index (χ2n) is 6.52. The van der Waals surface area contributed by atoms with Crippen molar-refractivity contribution in [2.75, 3.05) is 13.1 Å². The Hall–Kier alpha value is -3.22. The van der Waals surface area contributed by atoms with Crippen molar-refractivity contribution in [1.82, 2.24) is 15.2 Å². The smallest absolute Gasteiger partial charge is 0.335 e. The van der Waals surface area contributed by atoms with Crippen molar-refractivity contribution in [1.29, 1.82) is 0 Å². The highest BCUT2D eigenvalue weighted by Gasteiger charge is 2.27. The SMILES string of the molecule is O=C(O)c1ccnc(C(=O)NC2CCN(C(=O)CCc3ccccc3)C2)c1. The number of aromatic carboxylic acids is 1. The van der Waals surface area contributed by atoms with E-state index < -0.39 is 11.9 Å². The van der Waals surface area contributed by atoms with E-state index in [1.165, 1.54) is 18.3 Å². The first-order chi connectivity index (χ1) is 13.0. The summed E-state index contributed by atoms with van der Waals surface area (Å²) < 4.78 is 0. The second-order valence-corrected chi connectivity index (χ2v) is 6.52. The number of benzene rings is 1. The molecule has 1 aliphatic rings. The Bertz CT molecular complexity index is 838. The van der Waals surface area contributed by atoms with Crippen molar-refractivity contribution in [3.63, 3.8) is 0 Å². The molecule has 140 valence electrons. The van der Waals surface area contributed by atoms with Gasteiger partial charge in [0.1, 0.15) is 5.69 Å². The van der Waals surface area contributed by atoms with E-state index in [1.807, 2.05) is 30.3 Å². The molecule has 7 heteroatoms. The van der Waals surface area contributed by atoms with Crippen LogP contribution in [0.15, 0.2) is 48.7 Å². The van der Waals surface area contributed by atoms with Gasteiger partial charge in [-0.05, 0) is 30.5 Å². The first-order valence-corrected chi connectivity index (χ1v) is 8.85. The average molecular weight is 367 g/mol. The fourth-order valence-corrected chi connectivity index (χ4v) is 3.11. The normalized spacial score (nSPS) is 16.1. The number of pyridine rings is 1. The number of carboxylic acids is 1. The molecule has 3 rings (SSSR count). The van der Waals surface area contributed by atoms with Crippen molar-refractivity contribution < 1.29 is 19.5 Å². The van der Waals surface area contributed by atoms with E-state index >= 15 is 0 Å². The van der Waals surface area contributed by atoms with Crippen LogP contribution in [0.5, 0.6) is 0 Å². The number of aryl methyl sites for hydroxylation is 1. The number of rotatable bonds is 6. The van der Waals surface area contributed by atoms with Crippen molar-refractivity contribution in [3.8, 4) is 0 Å². The average Bonchev–Trinajstić information content (AvgIpc) is 3.15. The van der Waals surface area contributed by atoms with Crippen LogP contribution >= 0.6 is 0 Å². The van der Waals surface area contributed by atoms with Crippen LogP contribution < -0.4 is 5.32 Å². The topological polar surface area (TPSA) is 99.6 Å². The number of carbonyl (C=O) groups is 3. The molecular weight excluding hydrogens is 346 g/mol. The second kappa shape index (κ2) is 8.44.